The third-order valence-electron chi connectivity index (χ3n) is 3.28. The van der Waals surface area contributed by atoms with E-state index in [0.29, 0.717) is 5.56 Å². The lowest BCUT2D eigenvalue weighted by Gasteiger charge is -2.30. The van der Waals surface area contributed by atoms with Gasteiger partial charge in [-0.25, -0.2) is 0 Å². The minimum absolute atomic E-state index is 0.249. The number of hydrogen-bond donors (Lipinski definition) is 0. The van der Waals surface area contributed by atoms with Crippen molar-refractivity contribution in [2.24, 2.45) is 0 Å². The van der Waals surface area contributed by atoms with E-state index < -0.39 is 0 Å². The molecule has 0 radical (unpaired) electrons. The Labute approximate surface area is 103 Å². The average Bonchev–Trinajstić information content (AvgIpc) is 2.34. The molecule has 0 unspecified atom stereocenters. The highest BCUT2D eigenvalue weighted by Crippen LogP contribution is 2.26. The summed E-state index contributed by atoms with van der Waals surface area (Å²) in [6.07, 6.45) is 2.32. The van der Waals surface area contributed by atoms with Gasteiger partial charge in [-0.2, -0.15) is 5.26 Å². The van der Waals surface area contributed by atoms with Gasteiger partial charge in [0.2, 0.25) is 0 Å². The second-order valence-corrected chi connectivity index (χ2v) is 4.68. The smallest absolute Gasteiger partial charge is 0.140 e. The van der Waals surface area contributed by atoms with Crippen LogP contribution in [0.2, 0.25) is 0 Å². The summed E-state index contributed by atoms with van der Waals surface area (Å²) in [5.41, 5.74) is 1.69. The number of benzene rings is 1. The highest BCUT2D eigenvalue weighted by molar-refractivity contribution is 5.47. The fourth-order valence-electron chi connectivity index (χ4n) is 2.17. The van der Waals surface area contributed by atoms with Crippen molar-refractivity contribution < 1.29 is 4.74 Å². The summed E-state index contributed by atoms with van der Waals surface area (Å²) in [6, 6.07) is 7.91. The van der Waals surface area contributed by atoms with Gasteiger partial charge in [-0.1, -0.05) is 12.1 Å². The van der Waals surface area contributed by atoms with E-state index in [9.17, 15) is 0 Å². The fourth-order valence-corrected chi connectivity index (χ4v) is 2.17. The molecule has 17 heavy (non-hydrogen) atoms. The number of ether oxygens (including phenoxy) is 1. The van der Waals surface area contributed by atoms with Crippen LogP contribution in [0.4, 0.5) is 0 Å². The van der Waals surface area contributed by atoms with Crippen molar-refractivity contribution in [2.45, 2.75) is 25.9 Å². The molecule has 0 amide bonds. The first-order valence-electron chi connectivity index (χ1n) is 6.05. The Morgan fingerprint density at radius 3 is 2.71 bits per heavy atom. The predicted molar refractivity (Wildman–Crippen MR) is 67.0 cm³/mol. The van der Waals surface area contributed by atoms with E-state index in [1.165, 1.54) is 0 Å². The van der Waals surface area contributed by atoms with Crippen LogP contribution in [0.3, 0.4) is 0 Å². The van der Waals surface area contributed by atoms with Crippen LogP contribution < -0.4 is 4.74 Å². The van der Waals surface area contributed by atoms with E-state index in [-0.39, 0.29) is 6.10 Å². The minimum Gasteiger partial charge on any atom is -0.489 e. The zero-order valence-electron chi connectivity index (χ0n) is 10.4. The van der Waals surface area contributed by atoms with Crippen LogP contribution in [0.1, 0.15) is 24.0 Å². The van der Waals surface area contributed by atoms with Gasteiger partial charge in [0.25, 0.3) is 0 Å². The van der Waals surface area contributed by atoms with Crippen molar-refractivity contribution in [2.75, 3.05) is 20.1 Å². The van der Waals surface area contributed by atoms with E-state index in [2.05, 4.69) is 18.0 Å². The molecule has 0 N–H and O–H groups in total. The molecule has 0 aromatic heterocycles. The SMILES string of the molecule is Cc1cccc(C#N)c1OC1CCN(C)CC1. The number of likely N-dealkylation sites (tertiary alicyclic amines) is 1. The Hall–Kier alpha value is -1.53. The standard InChI is InChI=1S/C14H18N2O/c1-11-4-3-5-12(10-15)14(11)17-13-6-8-16(2)9-7-13/h3-5,13H,6-9H2,1-2H3. The van der Waals surface area contributed by atoms with Crippen molar-refractivity contribution in [3.63, 3.8) is 0 Å². The van der Waals surface area contributed by atoms with Crippen molar-refractivity contribution in [3.8, 4) is 11.8 Å². The summed E-state index contributed by atoms with van der Waals surface area (Å²) >= 11 is 0. The quantitative estimate of drug-likeness (QED) is 0.782. The van der Waals surface area contributed by atoms with Crippen LogP contribution in [-0.2, 0) is 0 Å². The Morgan fingerprint density at radius 2 is 2.06 bits per heavy atom. The van der Waals surface area contributed by atoms with Crippen molar-refractivity contribution in [1.29, 1.82) is 5.26 Å². The van der Waals surface area contributed by atoms with Crippen LogP contribution in [0.5, 0.6) is 5.75 Å². The maximum atomic E-state index is 9.08. The minimum atomic E-state index is 0.249. The van der Waals surface area contributed by atoms with Crippen LogP contribution >= 0.6 is 0 Å². The molecule has 0 atom stereocenters. The monoisotopic (exact) mass is 230 g/mol. The van der Waals surface area contributed by atoms with Crippen molar-refractivity contribution >= 4 is 0 Å². The zero-order valence-corrected chi connectivity index (χ0v) is 10.4. The van der Waals surface area contributed by atoms with Gasteiger partial charge in [0.15, 0.2) is 0 Å². The predicted octanol–water partition coefficient (Wildman–Crippen LogP) is 2.34. The number of hydrogen-bond acceptors (Lipinski definition) is 3. The Morgan fingerprint density at radius 1 is 1.35 bits per heavy atom. The Bertz CT molecular complexity index is 428. The molecule has 0 aliphatic carbocycles. The number of para-hydroxylation sites is 1. The van der Waals surface area contributed by atoms with E-state index in [1.807, 2.05) is 25.1 Å². The summed E-state index contributed by atoms with van der Waals surface area (Å²) in [6.45, 7) is 4.13. The van der Waals surface area contributed by atoms with Gasteiger partial charge in [0, 0.05) is 13.1 Å². The maximum Gasteiger partial charge on any atom is 0.140 e. The topological polar surface area (TPSA) is 36.3 Å². The van der Waals surface area contributed by atoms with Gasteiger partial charge < -0.3 is 9.64 Å². The van der Waals surface area contributed by atoms with Crippen molar-refractivity contribution in [1.82, 2.24) is 4.90 Å². The molecule has 1 aromatic carbocycles. The molecule has 1 heterocycles. The van der Waals surface area contributed by atoms with Crippen LogP contribution in [0, 0.1) is 18.3 Å². The van der Waals surface area contributed by atoms with E-state index in [1.54, 1.807) is 0 Å². The second kappa shape index (κ2) is 5.20. The van der Waals surface area contributed by atoms with Gasteiger partial charge in [-0.3, -0.25) is 0 Å². The summed E-state index contributed by atoms with van der Waals surface area (Å²) in [5, 5.41) is 9.08. The molecule has 0 saturated carbocycles. The third-order valence-corrected chi connectivity index (χ3v) is 3.28. The molecule has 3 nitrogen and oxygen atoms in total. The number of nitriles is 1. The molecule has 1 aliphatic rings. The van der Waals surface area contributed by atoms with Gasteiger partial charge in [-0.15, -0.1) is 0 Å². The van der Waals surface area contributed by atoms with Crippen LogP contribution in [0.15, 0.2) is 18.2 Å². The highest BCUT2D eigenvalue weighted by Gasteiger charge is 2.19. The lowest BCUT2D eigenvalue weighted by atomic mass is 10.1. The molecule has 0 bridgehead atoms. The highest BCUT2D eigenvalue weighted by atomic mass is 16.5. The fraction of sp³-hybridized carbons (Fsp3) is 0.500. The summed E-state index contributed by atoms with van der Waals surface area (Å²) in [7, 11) is 2.13. The molecule has 1 aromatic rings. The van der Waals surface area contributed by atoms with E-state index >= 15 is 0 Å². The number of piperidine rings is 1. The molecule has 1 saturated heterocycles. The normalized spacial score (nSPS) is 17.7. The second-order valence-electron chi connectivity index (χ2n) is 4.68. The first-order chi connectivity index (χ1) is 8.20. The molecule has 1 fully saturated rings. The van der Waals surface area contributed by atoms with E-state index in [4.69, 9.17) is 10.00 Å². The lowest BCUT2D eigenvalue weighted by Crippen LogP contribution is -2.35. The summed E-state index contributed by atoms with van der Waals surface area (Å²) < 4.78 is 6.01. The van der Waals surface area contributed by atoms with Gasteiger partial charge in [0.1, 0.15) is 17.9 Å². The Balaban J connectivity index is 2.11. The van der Waals surface area contributed by atoms with Crippen molar-refractivity contribution in [3.05, 3.63) is 29.3 Å². The number of aryl methyl sites for hydroxylation is 1. The van der Waals surface area contributed by atoms with Gasteiger partial charge in [0.05, 0.1) is 5.56 Å². The number of nitrogens with zero attached hydrogens (tertiary/aromatic N) is 2. The first-order valence-corrected chi connectivity index (χ1v) is 6.05. The van der Waals surface area contributed by atoms with Crippen LogP contribution in [-0.4, -0.2) is 31.1 Å². The molecule has 1 aliphatic heterocycles. The molecular weight excluding hydrogens is 212 g/mol. The number of rotatable bonds is 2. The first kappa shape index (κ1) is 11.9. The van der Waals surface area contributed by atoms with Gasteiger partial charge in [-0.05, 0) is 38.4 Å². The molecular formula is C14H18N2O. The third kappa shape index (κ3) is 2.78. The average molecular weight is 230 g/mol. The Kier molecular flexibility index (Phi) is 3.65. The maximum absolute atomic E-state index is 9.08. The largest absolute Gasteiger partial charge is 0.489 e. The van der Waals surface area contributed by atoms with E-state index in [0.717, 1.165) is 37.2 Å². The van der Waals surface area contributed by atoms with Crippen LogP contribution in [0.25, 0.3) is 0 Å². The zero-order chi connectivity index (χ0) is 12.3. The summed E-state index contributed by atoms with van der Waals surface area (Å²) in [5.74, 6) is 0.768. The lowest BCUT2D eigenvalue weighted by molar-refractivity contribution is 0.113. The molecule has 3 heteroatoms. The summed E-state index contributed by atoms with van der Waals surface area (Å²) in [4.78, 5) is 2.31. The van der Waals surface area contributed by atoms with Gasteiger partial charge >= 0.3 is 0 Å². The molecule has 90 valence electrons. The molecule has 0 spiro atoms. The molecule has 2 rings (SSSR count).